The van der Waals surface area contributed by atoms with E-state index in [1.165, 1.54) is 0 Å². The van der Waals surface area contributed by atoms with Gasteiger partial charge in [-0.25, -0.2) is 0 Å². The van der Waals surface area contributed by atoms with Crippen LogP contribution in [0.15, 0.2) is 36.4 Å². The number of aryl methyl sites for hydroxylation is 1. The molecule has 0 saturated carbocycles. The highest BCUT2D eigenvalue weighted by atomic mass is 16.5. The van der Waals surface area contributed by atoms with Crippen molar-refractivity contribution in [3.8, 4) is 17.2 Å². The lowest BCUT2D eigenvalue weighted by atomic mass is 10.1. The molecule has 21 heavy (non-hydrogen) atoms. The molecule has 0 radical (unpaired) electrons. The summed E-state index contributed by atoms with van der Waals surface area (Å²) < 4.78 is 15.8. The van der Waals surface area contributed by atoms with Crippen molar-refractivity contribution in [1.29, 1.82) is 0 Å². The van der Waals surface area contributed by atoms with Crippen LogP contribution in [0, 0.1) is 6.92 Å². The molecule has 0 unspecified atom stereocenters. The van der Waals surface area contributed by atoms with Crippen LogP contribution in [0.3, 0.4) is 0 Å². The first-order valence-electron chi connectivity index (χ1n) is 6.76. The van der Waals surface area contributed by atoms with Gasteiger partial charge in [-0.2, -0.15) is 0 Å². The van der Waals surface area contributed by atoms with Gasteiger partial charge in [-0.3, -0.25) is 0 Å². The summed E-state index contributed by atoms with van der Waals surface area (Å²) in [5, 5.41) is 3.39. The van der Waals surface area contributed by atoms with Gasteiger partial charge in [0.25, 0.3) is 0 Å². The van der Waals surface area contributed by atoms with Crippen molar-refractivity contribution in [3.05, 3.63) is 47.5 Å². The summed E-state index contributed by atoms with van der Waals surface area (Å²) in [4.78, 5) is 0. The zero-order valence-electron chi connectivity index (χ0n) is 12.9. The fraction of sp³-hybridized carbons (Fsp3) is 0.294. The van der Waals surface area contributed by atoms with Gasteiger partial charge in [0.2, 0.25) is 0 Å². The largest absolute Gasteiger partial charge is 0.497 e. The molecule has 0 aliphatic heterocycles. The second kappa shape index (κ2) is 6.88. The van der Waals surface area contributed by atoms with E-state index in [0.717, 1.165) is 34.1 Å². The van der Waals surface area contributed by atoms with Gasteiger partial charge in [0.05, 0.1) is 21.3 Å². The molecule has 0 spiro atoms. The van der Waals surface area contributed by atoms with Crippen LogP contribution in [0.25, 0.3) is 0 Å². The number of hydrogen-bond donors (Lipinski definition) is 1. The molecule has 1 N–H and O–H groups in total. The molecule has 0 aromatic heterocycles. The molecule has 0 aliphatic rings. The highest BCUT2D eigenvalue weighted by Gasteiger charge is 2.03. The van der Waals surface area contributed by atoms with Gasteiger partial charge < -0.3 is 19.5 Å². The van der Waals surface area contributed by atoms with Crippen molar-refractivity contribution in [2.45, 2.75) is 13.5 Å². The first-order chi connectivity index (χ1) is 10.2. The zero-order valence-corrected chi connectivity index (χ0v) is 12.9. The van der Waals surface area contributed by atoms with Crippen molar-refractivity contribution in [2.75, 3.05) is 26.6 Å². The molecular weight excluding hydrogens is 266 g/mol. The Bertz CT molecular complexity index is 589. The van der Waals surface area contributed by atoms with Gasteiger partial charge >= 0.3 is 0 Å². The molecule has 2 rings (SSSR count). The molecule has 4 nitrogen and oxygen atoms in total. The summed E-state index contributed by atoms with van der Waals surface area (Å²) >= 11 is 0. The quantitative estimate of drug-likeness (QED) is 0.880. The molecule has 2 aromatic carbocycles. The van der Waals surface area contributed by atoms with E-state index in [1.54, 1.807) is 21.3 Å². The van der Waals surface area contributed by atoms with Gasteiger partial charge in [-0.15, -0.1) is 0 Å². The standard InChI is InChI=1S/C17H21NO3/c1-12-7-14(5-6-17(12)21-4)18-11-13-8-15(19-2)10-16(9-13)20-3/h5-10,18H,11H2,1-4H3. The predicted molar refractivity (Wildman–Crippen MR) is 84.6 cm³/mol. The van der Waals surface area contributed by atoms with E-state index < -0.39 is 0 Å². The molecule has 112 valence electrons. The van der Waals surface area contributed by atoms with Gasteiger partial charge in [-0.05, 0) is 48.4 Å². The third kappa shape index (κ3) is 3.81. The first-order valence-corrected chi connectivity index (χ1v) is 6.76. The fourth-order valence-corrected chi connectivity index (χ4v) is 2.16. The molecular formula is C17H21NO3. The zero-order chi connectivity index (χ0) is 15.2. The molecule has 0 aliphatic carbocycles. The van der Waals surface area contributed by atoms with Crippen LogP contribution in [-0.4, -0.2) is 21.3 Å². The van der Waals surface area contributed by atoms with E-state index in [4.69, 9.17) is 14.2 Å². The Morgan fingerprint density at radius 2 is 1.52 bits per heavy atom. The highest BCUT2D eigenvalue weighted by molar-refractivity contribution is 5.51. The Balaban J connectivity index is 2.10. The second-order valence-electron chi connectivity index (χ2n) is 4.76. The van der Waals surface area contributed by atoms with Crippen molar-refractivity contribution in [2.24, 2.45) is 0 Å². The minimum atomic E-state index is 0.694. The summed E-state index contributed by atoms with van der Waals surface area (Å²) in [6.45, 7) is 2.72. The van der Waals surface area contributed by atoms with Crippen molar-refractivity contribution in [3.63, 3.8) is 0 Å². The number of benzene rings is 2. The van der Waals surface area contributed by atoms with E-state index in [2.05, 4.69) is 11.4 Å². The van der Waals surface area contributed by atoms with Gasteiger partial charge in [-0.1, -0.05) is 0 Å². The van der Waals surface area contributed by atoms with E-state index >= 15 is 0 Å². The SMILES string of the molecule is COc1cc(CNc2ccc(OC)c(C)c2)cc(OC)c1. The molecule has 2 aromatic rings. The third-order valence-electron chi connectivity index (χ3n) is 3.30. The minimum absolute atomic E-state index is 0.694. The normalized spacial score (nSPS) is 10.1. The van der Waals surface area contributed by atoms with Crippen LogP contribution in [0.2, 0.25) is 0 Å². The Morgan fingerprint density at radius 3 is 2.05 bits per heavy atom. The number of methoxy groups -OCH3 is 3. The molecule has 0 bridgehead atoms. The van der Waals surface area contributed by atoms with Crippen LogP contribution in [0.1, 0.15) is 11.1 Å². The number of ether oxygens (including phenoxy) is 3. The van der Waals surface area contributed by atoms with Gasteiger partial charge in [0.15, 0.2) is 0 Å². The van der Waals surface area contributed by atoms with Gasteiger partial charge in [0, 0.05) is 18.3 Å². The third-order valence-corrected chi connectivity index (χ3v) is 3.30. The highest BCUT2D eigenvalue weighted by Crippen LogP contribution is 2.25. The van der Waals surface area contributed by atoms with E-state index in [1.807, 2.05) is 37.3 Å². The average Bonchev–Trinajstić information content (AvgIpc) is 2.52. The summed E-state index contributed by atoms with van der Waals surface area (Å²) in [5.41, 5.74) is 3.25. The molecule has 0 saturated heterocycles. The van der Waals surface area contributed by atoms with Crippen LogP contribution < -0.4 is 19.5 Å². The Hall–Kier alpha value is -2.36. The van der Waals surface area contributed by atoms with Crippen LogP contribution in [0.5, 0.6) is 17.2 Å². The Morgan fingerprint density at radius 1 is 0.857 bits per heavy atom. The number of anilines is 1. The lowest BCUT2D eigenvalue weighted by Gasteiger charge is -2.12. The van der Waals surface area contributed by atoms with Gasteiger partial charge in [0.1, 0.15) is 17.2 Å². The predicted octanol–water partition coefficient (Wildman–Crippen LogP) is 3.63. The van der Waals surface area contributed by atoms with Crippen molar-refractivity contribution >= 4 is 5.69 Å². The van der Waals surface area contributed by atoms with E-state index in [9.17, 15) is 0 Å². The summed E-state index contributed by atoms with van der Waals surface area (Å²) in [6, 6.07) is 11.9. The maximum atomic E-state index is 5.27. The van der Waals surface area contributed by atoms with Crippen LogP contribution in [0.4, 0.5) is 5.69 Å². The molecule has 0 heterocycles. The lowest BCUT2D eigenvalue weighted by Crippen LogP contribution is -2.01. The minimum Gasteiger partial charge on any atom is -0.497 e. The number of nitrogens with one attached hydrogen (secondary N) is 1. The topological polar surface area (TPSA) is 39.7 Å². The number of hydrogen-bond acceptors (Lipinski definition) is 4. The maximum Gasteiger partial charge on any atom is 0.122 e. The lowest BCUT2D eigenvalue weighted by molar-refractivity contribution is 0.393. The summed E-state index contributed by atoms with van der Waals surface area (Å²) in [7, 11) is 4.98. The van der Waals surface area contributed by atoms with E-state index in [0.29, 0.717) is 6.54 Å². The first kappa shape index (κ1) is 15.0. The smallest absolute Gasteiger partial charge is 0.122 e. The summed E-state index contributed by atoms with van der Waals surface area (Å²) in [5.74, 6) is 2.47. The molecule has 0 amide bonds. The van der Waals surface area contributed by atoms with Crippen molar-refractivity contribution in [1.82, 2.24) is 0 Å². The van der Waals surface area contributed by atoms with E-state index in [-0.39, 0.29) is 0 Å². The maximum absolute atomic E-state index is 5.27. The molecule has 4 heteroatoms. The number of rotatable bonds is 6. The molecule has 0 atom stereocenters. The van der Waals surface area contributed by atoms with Crippen LogP contribution >= 0.6 is 0 Å². The Kier molecular flexibility index (Phi) is 4.93. The van der Waals surface area contributed by atoms with Crippen molar-refractivity contribution < 1.29 is 14.2 Å². The fourth-order valence-electron chi connectivity index (χ4n) is 2.16. The summed E-state index contributed by atoms with van der Waals surface area (Å²) in [6.07, 6.45) is 0. The monoisotopic (exact) mass is 287 g/mol. The molecule has 0 fully saturated rings. The van der Waals surface area contributed by atoms with Crippen LogP contribution in [-0.2, 0) is 6.54 Å². The Labute approximate surface area is 125 Å². The average molecular weight is 287 g/mol. The second-order valence-corrected chi connectivity index (χ2v) is 4.76.